The SMILES string of the molecule is CCCc1nc(SC)c(C(=O)CS(=O)c2ccccc2)n1Cc1ccc(-c2ccccc2S(=O)(=O)NC(=O)NCC2CCCCC2)cc1. The molecule has 5 rings (SSSR count). The zero-order valence-corrected chi connectivity index (χ0v) is 29.8. The van der Waals surface area contributed by atoms with Crippen LogP contribution in [-0.4, -0.2) is 52.5 Å². The van der Waals surface area contributed by atoms with E-state index < -0.39 is 26.9 Å². The molecule has 48 heavy (non-hydrogen) atoms. The van der Waals surface area contributed by atoms with Crippen LogP contribution in [-0.2, 0) is 33.8 Å². The standard InChI is InChI=1S/C36H42N4O5S3/c1-3-12-33-38-35(46-2)34(31(41)25-47(43)29-15-8-5-9-16-29)40(33)24-27-19-21-28(22-20-27)30-17-10-11-18-32(30)48(44,45)39-36(42)37-23-26-13-6-4-7-14-26/h5,8-11,15-22,26H,3-4,6-7,12-14,23-25H2,1-2H3,(H2,37,39,42). The van der Waals surface area contributed by atoms with Crippen molar-refractivity contribution in [1.29, 1.82) is 0 Å². The largest absolute Gasteiger partial charge is 0.337 e. The first-order valence-corrected chi connectivity index (χ1v) is 20.3. The molecule has 1 aromatic heterocycles. The van der Waals surface area contributed by atoms with Crippen LogP contribution in [0.1, 0.15) is 67.3 Å². The van der Waals surface area contributed by atoms with Gasteiger partial charge in [-0.1, -0.05) is 86.8 Å². The quantitative estimate of drug-likeness (QED) is 0.109. The van der Waals surface area contributed by atoms with Crippen LogP contribution in [0.5, 0.6) is 0 Å². The van der Waals surface area contributed by atoms with E-state index in [1.807, 2.05) is 41.2 Å². The van der Waals surface area contributed by atoms with Crippen molar-refractivity contribution >= 4 is 44.4 Å². The number of benzene rings is 3. The van der Waals surface area contributed by atoms with E-state index in [9.17, 15) is 22.2 Å². The second kappa shape index (κ2) is 16.6. The summed E-state index contributed by atoms with van der Waals surface area (Å²) in [6, 6.07) is 22.3. The number of imidazole rings is 1. The van der Waals surface area contributed by atoms with Gasteiger partial charge in [0.25, 0.3) is 10.0 Å². The molecule has 1 heterocycles. The van der Waals surface area contributed by atoms with Crippen molar-refractivity contribution in [2.75, 3.05) is 18.6 Å². The maximum Gasteiger partial charge on any atom is 0.328 e. The summed E-state index contributed by atoms with van der Waals surface area (Å²) in [5.74, 6) is 0.774. The zero-order valence-electron chi connectivity index (χ0n) is 27.3. The molecular formula is C36H42N4O5S3. The normalized spacial score (nSPS) is 14.4. The lowest BCUT2D eigenvalue weighted by molar-refractivity contribution is 0.101. The minimum atomic E-state index is -4.15. The molecule has 0 bridgehead atoms. The molecule has 0 saturated heterocycles. The lowest BCUT2D eigenvalue weighted by atomic mass is 9.89. The van der Waals surface area contributed by atoms with Crippen molar-refractivity contribution in [3.63, 3.8) is 0 Å². The van der Waals surface area contributed by atoms with Crippen LogP contribution in [0, 0.1) is 5.92 Å². The van der Waals surface area contributed by atoms with Crippen molar-refractivity contribution < 1.29 is 22.2 Å². The smallest absolute Gasteiger partial charge is 0.328 e. The fourth-order valence-electron chi connectivity index (χ4n) is 6.07. The molecule has 2 amide bonds. The molecule has 4 aromatic rings. The van der Waals surface area contributed by atoms with E-state index in [1.165, 1.54) is 24.2 Å². The number of urea groups is 1. The van der Waals surface area contributed by atoms with E-state index in [0.29, 0.717) is 52.2 Å². The Kier molecular flexibility index (Phi) is 12.3. The fraction of sp³-hybridized carbons (Fsp3) is 0.361. The summed E-state index contributed by atoms with van der Waals surface area (Å²) in [6.07, 6.45) is 8.94. The highest BCUT2D eigenvalue weighted by Gasteiger charge is 2.26. The summed E-state index contributed by atoms with van der Waals surface area (Å²) in [5, 5.41) is 3.35. The van der Waals surface area contributed by atoms with Crippen molar-refractivity contribution in [2.45, 2.75) is 73.2 Å². The molecule has 1 aliphatic carbocycles. The third kappa shape index (κ3) is 8.83. The highest BCUT2D eigenvalue weighted by Crippen LogP contribution is 2.29. The predicted octanol–water partition coefficient (Wildman–Crippen LogP) is 6.83. The number of hydrogen-bond donors (Lipinski definition) is 2. The molecule has 12 heteroatoms. The predicted molar refractivity (Wildman–Crippen MR) is 191 cm³/mol. The molecule has 1 unspecified atom stereocenters. The average Bonchev–Trinajstić information content (AvgIpc) is 3.45. The highest BCUT2D eigenvalue weighted by atomic mass is 32.2. The number of nitrogens with zero attached hydrogens (tertiary/aromatic N) is 2. The first kappa shape index (κ1) is 35.6. The topological polar surface area (TPSA) is 127 Å². The van der Waals surface area contributed by atoms with E-state index in [-0.39, 0.29) is 16.4 Å². The van der Waals surface area contributed by atoms with Crippen molar-refractivity contribution in [2.24, 2.45) is 5.92 Å². The van der Waals surface area contributed by atoms with Gasteiger partial charge in [-0.15, -0.1) is 11.8 Å². The Morgan fingerprint density at radius 3 is 2.33 bits per heavy atom. The summed E-state index contributed by atoms with van der Waals surface area (Å²) in [4.78, 5) is 31.6. The molecule has 0 aliphatic heterocycles. The van der Waals surface area contributed by atoms with Gasteiger partial charge in [0.1, 0.15) is 16.5 Å². The van der Waals surface area contributed by atoms with Gasteiger partial charge >= 0.3 is 6.03 Å². The van der Waals surface area contributed by atoms with E-state index in [4.69, 9.17) is 4.98 Å². The number of nitrogens with one attached hydrogen (secondary N) is 2. The molecule has 0 spiro atoms. The Morgan fingerprint density at radius 1 is 0.958 bits per heavy atom. The van der Waals surface area contributed by atoms with Gasteiger partial charge < -0.3 is 9.88 Å². The van der Waals surface area contributed by atoms with Crippen molar-refractivity contribution in [3.05, 3.63) is 95.9 Å². The van der Waals surface area contributed by atoms with Crippen LogP contribution < -0.4 is 10.0 Å². The monoisotopic (exact) mass is 706 g/mol. The van der Waals surface area contributed by atoms with Crippen LogP contribution in [0.15, 0.2) is 93.7 Å². The molecule has 1 saturated carbocycles. The maximum absolute atomic E-state index is 13.6. The van der Waals surface area contributed by atoms with Gasteiger partial charge in [-0.2, -0.15) is 0 Å². The number of thioether (sulfide) groups is 1. The number of amides is 2. The van der Waals surface area contributed by atoms with E-state index in [2.05, 4.69) is 17.0 Å². The Balaban J connectivity index is 1.35. The molecule has 1 fully saturated rings. The van der Waals surface area contributed by atoms with Crippen molar-refractivity contribution in [1.82, 2.24) is 19.6 Å². The molecule has 2 N–H and O–H groups in total. The first-order valence-electron chi connectivity index (χ1n) is 16.3. The van der Waals surface area contributed by atoms with Gasteiger partial charge in [-0.3, -0.25) is 9.00 Å². The van der Waals surface area contributed by atoms with Gasteiger partial charge in [-0.05, 0) is 60.8 Å². The van der Waals surface area contributed by atoms with Crippen LogP contribution in [0.3, 0.4) is 0 Å². The Bertz CT molecular complexity index is 1850. The third-order valence-electron chi connectivity index (χ3n) is 8.50. The molecule has 1 atom stereocenters. The van der Waals surface area contributed by atoms with Crippen LogP contribution in [0.25, 0.3) is 11.1 Å². The second-order valence-corrected chi connectivity index (χ2v) is 15.9. The van der Waals surface area contributed by atoms with E-state index >= 15 is 0 Å². The average molecular weight is 707 g/mol. The van der Waals surface area contributed by atoms with Crippen LogP contribution >= 0.6 is 11.8 Å². The number of carbonyl (C=O) groups excluding carboxylic acids is 2. The molecular weight excluding hydrogens is 665 g/mol. The summed E-state index contributed by atoms with van der Waals surface area (Å²) in [7, 11) is -5.64. The Hall–Kier alpha value is -3.74. The zero-order chi connectivity index (χ0) is 34.1. The van der Waals surface area contributed by atoms with Crippen molar-refractivity contribution in [3.8, 4) is 11.1 Å². The van der Waals surface area contributed by atoms with Gasteiger partial charge in [0.15, 0.2) is 5.78 Å². The number of carbonyl (C=O) groups is 2. The summed E-state index contributed by atoms with van der Waals surface area (Å²) in [6.45, 7) is 2.88. The number of rotatable bonds is 14. The third-order valence-corrected chi connectivity index (χ3v) is 11.9. The Labute approximate surface area is 289 Å². The molecule has 3 aromatic carbocycles. The lowest BCUT2D eigenvalue weighted by Crippen LogP contribution is -2.41. The van der Waals surface area contributed by atoms with Crippen LogP contribution in [0.2, 0.25) is 0 Å². The molecule has 9 nitrogen and oxygen atoms in total. The molecule has 1 aliphatic rings. The summed E-state index contributed by atoms with van der Waals surface area (Å²) >= 11 is 1.39. The highest BCUT2D eigenvalue weighted by molar-refractivity contribution is 7.98. The second-order valence-electron chi connectivity index (χ2n) is 12.0. The maximum atomic E-state index is 13.6. The Morgan fingerprint density at radius 2 is 1.65 bits per heavy atom. The first-order chi connectivity index (χ1) is 23.2. The van der Waals surface area contributed by atoms with Gasteiger partial charge in [-0.25, -0.2) is 22.9 Å². The molecule has 254 valence electrons. The number of ketones is 1. The van der Waals surface area contributed by atoms with Crippen LogP contribution in [0.4, 0.5) is 4.79 Å². The van der Waals surface area contributed by atoms with Gasteiger partial charge in [0.2, 0.25) is 0 Å². The molecule has 0 radical (unpaired) electrons. The number of Topliss-reactive ketones (excluding diaryl/α,β-unsaturated/α-hetero) is 1. The van der Waals surface area contributed by atoms with Gasteiger partial charge in [0.05, 0.1) is 21.4 Å². The van der Waals surface area contributed by atoms with Gasteiger partial charge in [0, 0.05) is 30.0 Å². The minimum Gasteiger partial charge on any atom is -0.337 e. The number of aromatic nitrogens is 2. The van der Waals surface area contributed by atoms with E-state index in [1.54, 1.807) is 42.5 Å². The fourth-order valence-corrected chi connectivity index (χ4v) is 8.84. The number of aryl methyl sites for hydroxylation is 1. The minimum absolute atomic E-state index is 0.00863. The van der Waals surface area contributed by atoms with E-state index in [0.717, 1.165) is 43.5 Å². The summed E-state index contributed by atoms with van der Waals surface area (Å²) in [5.41, 5.74) is 2.47. The summed E-state index contributed by atoms with van der Waals surface area (Å²) < 4.78 is 43.9. The lowest BCUT2D eigenvalue weighted by Gasteiger charge is -2.21. The number of sulfonamides is 1. The number of hydrogen-bond acceptors (Lipinski definition) is 7.